The van der Waals surface area contributed by atoms with Crippen LogP contribution in [-0.4, -0.2) is 9.55 Å². The fourth-order valence-electron chi connectivity index (χ4n) is 0.690. The molecule has 9 heavy (non-hydrogen) atoms. The predicted molar refractivity (Wildman–Crippen MR) is 37.9 cm³/mol. The van der Waals surface area contributed by atoms with E-state index in [0.29, 0.717) is 0 Å². The number of allylic oxidation sites excluding steroid dienone is 1. The molecule has 0 fully saturated rings. The molecule has 0 amide bonds. The Morgan fingerprint density at radius 2 is 2.44 bits per heavy atom. The van der Waals surface area contributed by atoms with Crippen LogP contribution in [-0.2, 0) is 7.05 Å². The summed E-state index contributed by atoms with van der Waals surface area (Å²) in [5.41, 5.74) is 1.01. The van der Waals surface area contributed by atoms with Crippen molar-refractivity contribution in [2.24, 2.45) is 7.05 Å². The molecule has 1 aromatic heterocycles. The number of aromatic nitrogens is 2. The van der Waals surface area contributed by atoms with Crippen LogP contribution < -0.4 is 0 Å². The monoisotopic (exact) mass is 122 g/mol. The maximum atomic E-state index is 4.08. The Labute approximate surface area is 54.8 Å². The van der Waals surface area contributed by atoms with Crippen LogP contribution >= 0.6 is 0 Å². The zero-order chi connectivity index (χ0) is 6.69. The molecule has 0 atom stereocenters. The van der Waals surface area contributed by atoms with Gasteiger partial charge in [0.25, 0.3) is 0 Å². The van der Waals surface area contributed by atoms with Gasteiger partial charge in [0.1, 0.15) is 0 Å². The molecule has 0 bridgehead atoms. The third-order valence-corrected chi connectivity index (χ3v) is 1.06. The van der Waals surface area contributed by atoms with Crippen molar-refractivity contribution in [3.05, 3.63) is 24.3 Å². The van der Waals surface area contributed by atoms with Crippen LogP contribution in [0.4, 0.5) is 0 Å². The smallest absolute Gasteiger partial charge is 0.0950 e. The molecule has 0 aliphatic carbocycles. The lowest BCUT2D eigenvalue weighted by atomic mass is 10.4. The first-order chi connectivity index (χ1) is 4.33. The number of hydrogen-bond donors (Lipinski definition) is 0. The minimum atomic E-state index is 1.01. The molecule has 2 heteroatoms. The molecule has 48 valence electrons. The van der Waals surface area contributed by atoms with Crippen molar-refractivity contribution in [3.8, 4) is 0 Å². The molecule has 0 radical (unpaired) electrons. The fraction of sp³-hybridized carbons (Fsp3) is 0.286. The summed E-state index contributed by atoms with van der Waals surface area (Å²) in [6.45, 7) is 1.98. The molecular weight excluding hydrogens is 112 g/mol. The van der Waals surface area contributed by atoms with Gasteiger partial charge in [0.05, 0.1) is 12.0 Å². The number of hydrogen-bond acceptors (Lipinski definition) is 1. The normalized spacial score (nSPS) is 10.9. The number of nitrogens with zero attached hydrogens (tertiary/aromatic N) is 2. The summed E-state index contributed by atoms with van der Waals surface area (Å²) < 4.78 is 1.93. The van der Waals surface area contributed by atoms with E-state index in [2.05, 4.69) is 4.98 Å². The van der Waals surface area contributed by atoms with Crippen molar-refractivity contribution in [2.75, 3.05) is 0 Å². The molecule has 1 aromatic rings. The third kappa shape index (κ3) is 1.42. The quantitative estimate of drug-likeness (QED) is 0.551. The Balaban J connectivity index is 2.85. The zero-order valence-electron chi connectivity index (χ0n) is 5.70. The van der Waals surface area contributed by atoms with Gasteiger partial charge in [-0.15, -0.1) is 0 Å². The van der Waals surface area contributed by atoms with E-state index in [9.17, 15) is 0 Å². The van der Waals surface area contributed by atoms with Gasteiger partial charge in [-0.05, 0) is 13.0 Å². The molecule has 0 saturated carbocycles. The summed E-state index contributed by atoms with van der Waals surface area (Å²) in [6, 6.07) is 0. The summed E-state index contributed by atoms with van der Waals surface area (Å²) >= 11 is 0. The minimum absolute atomic E-state index is 1.01. The topological polar surface area (TPSA) is 17.8 Å². The van der Waals surface area contributed by atoms with E-state index in [0.717, 1.165) is 5.69 Å². The largest absolute Gasteiger partial charge is 0.340 e. The zero-order valence-corrected chi connectivity index (χ0v) is 5.70. The molecule has 1 heterocycles. The molecule has 0 unspecified atom stereocenters. The maximum absolute atomic E-state index is 4.08. The first-order valence-electron chi connectivity index (χ1n) is 2.93. The SMILES string of the molecule is C/C=C\c1cn(C)cn1. The maximum Gasteiger partial charge on any atom is 0.0950 e. The molecule has 2 nitrogen and oxygen atoms in total. The van der Waals surface area contributed by atoms with Crippen LogP contribution in [0.2, 0.25) is 0 Å². The molecule has 0 N–H and O–H groups in total. The summed E-state index contributed by atoms with van der Waals surface area (Å²) in [7, 11) is 1.96. The Morgan fingerprint density at radius 1 is 1.67 bits per heavy atom. The van der Waals surface area contributed by atoms with Crippen molar-refractivity contribution < 1.29 is 0 Å². The standard InChI is InChI=1S/C7H10N2/c1-3-4-7-5-9(2)6-8-7/h3-6H,1-2H3/b4-3-. The van der Waals surface area contributed by atoms with Crippen molar-refractivity contribution in [1.82, 2.24) is 9.55 Å². The van der Waals surface area contributed by atoms with Gasteiger partial charge >= 0.3 is 0 Å². The van der Waals surface area contributed by atoms with Crippen LogP contribution in [0.3, 0.4) is 0 Å². The average molecular weight is 122 g/mol. The van der Waals surface area contributed by atoms with Crippen LogP contribution in [0.1, 0.15) is 12.6 Å². The van der Waals surface area contributed by atoms with E-state index in [1.165, 1.54) is 0 Å². The van der Waals surface area contributed by atoms with Gasteiger partial charge in [-0.1, -0.05) is 6.08 Å². The molecule has 0 aromatic carbocycles. The van der Waals surface area contributed by atoms with Gasteiger partial charge < -0.3 is 4.57 Å². The first kappa shape index (κ1) is 6.08. The molecule has 0 aliphatic heterocycles. The van der Waals surface area contributed by atoms with Gasteiger partial charge in [0.15, 0.2) is 0 Å². The van der Waals surface area contributed by atoms with E-state index in [-0.39, 0.29) is 0 Å². The summed E-state index contributed by atoms with van der Waals surface area (Å²) in [5.74, 6) is 0. The number of rotatable bonds is 1. The van der Waals surface area contributed by atoms with E-state index in [4.69, 9.17) is 0 Å². The Bertz CT molecular complexity index is 210. The minimum Gasteiger partial charge on any atom is -0.340 e. The molecule has 0 saturated heterocycles. The second-order valence-electron chi connectivity index (χ2n) is 1.96. The molecule has 0 spiro atoms. The summed E-state index contributed by atoms with van der Waals surface area (Å²) in [6.07, 6.45) is 7.71. The van der Waals surface area contributed by atoms with Gasteiger partial charge in [0, 0.05) is 13.2 Å². The lowest BCUT2D eigenvalue weighted by Crippen LogP contribution is -1.76. The molecule has 0 aliphatic rings. The highest BCUT2D eigenvalue weighted by atomic mass is 15.0. The van der Waals surface area contributed by atoms with E-state index in [1.807, 2.05) is 36.9 Å². The first-order valence-corrected chi connectivity index (χ1v) is 2.93. The van der Waals surface area contributed by atoms with E-state index < -0.39 is 0 Å². The molecule has 1 rings (SSSR count). The van der Waals surface area contributed by atoms with Crippen LogP contribution in [0.5, 0.6) is 0 Å². The van der Waals surface area contributed by atoms with E-state index in [1.54, 1.807) is 6.33 Å². The third-order valence-electron chi connectivity index (χ3n) is 1.06. The number of aryl methyl sites for hydroxylation is 1. The van der Waals surface area contributed by atoms with E-state index >= 15 is 0 Å². The lowest BCUT2D eigenvalue weighted by Gasteiger charge is -1.79. The van der Waals surface area contributed by atoms with Crippen LogP contribution in [0.25, 0.3) is 6.08 Å². The van der Waals surface area contributed by atoms with Gasteiger partial charge in [-0.3, -0.25) is 0 Å². The fourth-order valence-corrected chi connectivity index (χ4v) is 0.690. The Morgan fingerprint density at radius 3 is 2.89 bits per heavy atom. The predicted octanol–water partition coefficient (Wildman–Crippen LogP) is 1.45. The highest BCUT2D eigenvalue weighted by Crippen LogP contribution is 1.95. The van der Waals surface area contributed by atoms with Crippen molar-refractivity contribution >= 4 is 6.08 Å². The van der Waals surface area contributed by atoms with Crippen molar-refractivity contribution in [2.45, 2.75) is 6.92 Å². The Hall–Kier alpha value is -1.05. The summed E-state index contributed by atoms with van der Waals surface area (Å²) in [4.78, 5) is 4.08. The summed E-state index contributed by atoms with van der Waals surface area (Å²) in [5, 5.41) is 0. The van der Waals surface area contributed by atoms with Crippen LogP contribution in [0, 0.1) is 0 Å². The van der Waals surface area contributed by atoms with Gasteiger partial charge in [0.2, 0.25) is 0 Å². The average Bonchev–Trinajstić information content (AvgIpc) is 2.17. The highest BCUT2D eigenvalue weighted by molar-refractivity contribution is 5.42. The van der Waals surface area contributed by atoms with Gasteiger partial charge in [-0.2, -0.15) is 0 Å². The van der Waals surface area contributed by atoms with Crippen molar-refractivity contribution in [3.63, 3.8) is 0 Å². The second-order valence-corrected chi connectivity index (χ2v) is 1.96. The Kier molecular flexibility index (Phi) is 1.68. The molecular formula is C7H10N2. The second kappa shape index (κ2) is 2.49. The number of imidazole rings is 1. The lowest BCUT2D eigenvalue weighted by molar-refractivity contribution is 0.913. The van der Waals surface area contributed by atoms with Crippen LogP contribution in [0.15, 0.2) is 18.6 Å². The van der Waals surface area contributed by atoms with Gasteiger partial charge in [-0.25, -0.2) is 4.98 Å². The highest BCUT2D eigenvalue weighted by Gasteiger charge is 1.86. The van der Waals surface area contributed by atoms with Crippen molar-refractivity contribution in [1.29, 1.82) is 0 Å².